The van der Waals surface area contributed by atoms with Crippen molar-refractivity contribution in [2.75, 3.05) is 31.6 Å². The first-order valence-corrected chi connectivity index (χ1v) is 14.8. The zero-order valence-corrected chi connectivity index (χ0v) is 23.7. The molecule has 3 amide bonds. The van der Waals surface area contributed by atoms with Crippen LogP contribution in [-0.4, -0.2) is 71.3 Å². The molecule has 3 fully saturated rings. The second-order valence-electron chi connectivity index (χ2n) is 11.1. The molecule has 2 bridgehead atoms. The molecule has 0 saturated carbocycles. The molecule has 3 heterocycles. The van der Waals surface area contributed by atoms with Crippen LogP contribution in [0.15, 0.2) is 24.3 Å². The number of amides is 3. The summed E-state index contributed by atoms with van der Waals surface area (Å²) >= 11 is 0. The van der Waals surface area contributed by atoms with E-state index in [0.717, 1.165) is 44.3 Å². The highest BCUT2D eigenvalue weighted by Crippen LogP contribution is 2.64. The van der Waals surface area contributed by atoms with Gasteiger partial charge in [-0.2, -0.15) is 0 Å². The fraction of sp³-hybridized carbons (Fsp3) is 0.700. The molecule has 216 valence electrons. The highest BCUT2D eigenvalue weighted by molar-refractivity contribution is 6.02. The van der Waals surface area contributed by atoms with Crippen molar-refractivity contribution in [3.05, 3.63) is 24.3 Å². The van der Waals surface area contributed by atoms with Crippen LogP contribution < -0.4 is 15.4 Å². The molecule has 9 nitrogen and oxygen atoms in total. The number of unbranched alkanes of at least 4 members (excludes halogenated alkanes) is 4. The molecule has 0 aromatic heterocycles. The van der Waals surface area contributed by atoms with E-state index in [1.54, 1.807) is 17.0 Å². The summed E-state index contributed by atoms with van der Waals surface area (Å²) in [5, 5.41) is 15.2. The van der Waals surface area contributed by atoms with E-state index in [0.29, 0.717) is 44.6 Å². The van der Waals surface area contributed by atoms with Crippen molar-refractivity contribution in [1.29, 1.82) is 0 Å². The molecular weight excluding hydrogens is 498 g/mol. The Morgan fingerprint density at radius 2 is 1.79 bits per heavy atom. The number of ether oxygens (including phenoxy) is 2. The molecule has 2 unspecified atom stereocenters. The Morgan fingerprint density at radius 1 is 1.05 bits per heavy atom. The van der Waals surface area contributed by atoms with Crippen LogP contribution in [0, 0.1) is 11.8 Å². The van der Waals surface area contributed by atoms with Gasteiger partial charge in [0, 0.05) is 25.4 Å². The third-order valence-corrected chi connectivity index (χ3v) is 8.78. The lowest BCUT2D eigenvalue weighted by Crippen LogP contribution is -2.55. The fourth-order valence-electron chi connectivity index (χ4n) is 6.91. The first kappa shape index (κ1) is 29.3. The number of anilines is 1. The van der Waals surface area contributed by atoms with Gasteiger partial charge >= 0.3 is 0 Å². The number of rotatable bonds is 15. The molecule has 3 aliphatic heterocycles. The van der Waals surface area contributed by atoms with Gasteiger partial charge in [0.05, 0.1) is 24.0 Å². The first-order chi connectivity index (χ1) is 18.9. The van der Waals surface area contributed by atoms with Gasteiger partial charge in [-0.05, 0) is 69.7 Å². The third-order valence-electron chi connectivity index (χ3n) is 8.78. The maximum Gasteiger partial charge on any atom is 0.245 e. The summed E-state index contributed by atoms with van der Waals surface area (Å²) < 4.78 is 12.3. The Morgan fingerprint density at radius 3 is 2.46 bits per heavy atom. The Bertz CT molecular complexity index is 1020. The Kier molecular flexibility index (Phi) is 9.54. The zero-order valence-electron chi connectivity index (χ0n) is 23.7. The second-order valence-corrected chi connectivity index (χ2v) is 11.1. The molecule has 4 rings (SSSR count). The van der Waals surface area contributed by atoms with E-state index < -0.39 is 29.1 Å². The number of nitrogens with one attached hydrogen (secondary N) is 2. The number of carbonyl (C=O) groups excluding carboxylic acids is 3. The van der Waals surface area contributed by atoms with Gasteiger partial charge in [0.15, 0.2) is 0 Å². The van der Waals surface area contributed by atoms with Crippen LogP contribution in [0.1, 0.15) is 78.6 Å². The molecule has 3 N–H and O–H groups in total. The van der Waals surface area contributed by atoms with Crippen molar-refractivity contribution in [3.63, 3.8) is 0 Å². The molecule has 39 heavy (non-hydrogen) atoms. The average Bonchev–Trinajstić information content (AvgIpc) is 3.53. The summed E-state index contributed by atoms with van der Waals surface area (Å²) in [6.45, 7) is 7.67. The Balaban J connectivity index is 1.61. The van der Waals surface area contributed by atoms with Gasteiger partial charge in [-0.15, -0.1) is 0 Å². The summed E-state index contributed by atoms with van der Waals surface area (Å²) in [6, 6.07) is 6.46. The van der Waals surface area contributed by atoms with Gasteiger partial charge < -0.3 is 30.1 Å². The van der Waals surface area contributed by atoms with Gasteiger partial charge in [0.1, 0.15) is 17.4 Å². The molecule has 5 atom stereocenters. The highest BCUT2D eigenvalue weighted by Gasteiger charge is 2.78. The number of nitrogens with zero attached hydrogens (tertiary/aromatic N) is 1. The fourth-order valence-corrected chi connectivity index (χ4v) is 6.91. The molecule has 1 aromatic carbocycles. The van der Waals surface area contributed by atoms with Crippen LogP contribution in [0.5, 0.6) is 5.75 Å². The predicted molar refractivity (Wildman–Crippen MR) is 148 cm³/mol. The summed E-state index contributed by atoms with van der Waals surface area (Å²) in [5.41, 5.74) is -1.15. The minimum absolute atomic E-state index is 0.147. The minimum atomic E-state index is -1.00. The zero-order chi connectivity index (χ0) is 28.0. The smallest absolute Gasteiger partial charge is 0.245 e. The van der Waals surface area contributed by atoms with Crippen LogP contribution in [0.25, 0.3) is 0 Å². The van der Waals surface area contributed by atoms with E-state index in [9.17, 15) is 14.4 Å². The summed E-state index contributed by atoms with van der Waals surface area (Å²) in [4.78, 5) is 43.3. The van der Waals surface area contributed by atoms with E-state index in [2.05, 4.69) is 17.6 Å². The lowest BCUT2D eigenvalue weighted by molar-refractivity contribution is -0.146. The van der Waals surface area contributed by atoms with Crippen LogP contribution in [0.3, 0.4) is 0 Å². The maximum absolute atomic E-state index is 14.1. The third kappa shape index (κ3) is 5.53. The Labute approximate surface area is 232 Å². The van der Waals surface area contributed by atoms with Crippen molar-refractivity contribution in [2.45, 2.75) is 95.8 Å². The number of aliphatic hydroxyl groups excluding tert-OH is 1. The number of benzene rings is 1. The lowest BCUT2D eigenvalue weighted by Gasteiger charge is -2.34. The van der Waals surface area contributed by atoms with Gasteiger partial charge in [-0.25, -0.2) is 0 Å². The van der Waals surface area contributed by atoms with E-state index in [-0.39, 0.29) is 24.3 Å². The SMILES string of the molecule is CCCCNC(=O)C1N(CCCCCCO)C(=O)[C@@H]2[C@@H](C(=O)Nc3ccc(OCC)cc3)[C@@]3(CC)CCC12O3. The number of fused-ring (bicyclic) bond motifs is 1. The summed E-state index contributed by atoms with van der Waals surface area (Å²) in [5.74, 6) is -1.24. The van der Waals surface area contributed by atoms with Crippen molar-refractivity contribution >= 4 is 23.4 Å². The van der Waals surface area contributed by atoms with Crippen molar-refractivity contribution in [2.24, 2.45) is 11.8 Å². The molecule has 0 radical (unpaired) electrons. The highest BCUT2D eigenvalue weighted by atomic mass is 16.5. The van der Waals surface area contributed by atoms with Gasteiger partial charge in [0.25, 0.3) is 0 Å². The first-order valence-electron chi connectivity index (χ1n) is 14.8. The molecule has 3 aliphatic rings. The summed E-state index contributed by atoms with van der Waals surface area (Å²) in [6.07, 6.45) is 6.79. The summed E-state index contributed by atoms with van der Waals surface area (Å²) in [7, 11) is 0. The maximum atomic E-state index is 14.1. The number of likely N-dealkylation sites (tertiary alicyclic amines) is 1. The predicted octanol–water partition coefficient (Wildman–Crippen LogP) is 3.65. The molecule has 3 saturated heterocycles. The molecule has 0 aliphatic carbocycles. The van der Waals surface area contributed by atoms with E-state index in [1.807, 2.05) is 26.0 Å². The molecule has 9 heteroatoms. The normalized spacial score (nSPS) is 29.0. The van der Waals surface area contributed by atoms with Crippen molar-refractivity contribution < 1.29 is 29.0 Å². The number of aliphatic hydroxyl groups is 1. The Hall–Kier alpha value is -2.65. The van der Waals surface area contributed by atoms with E-state index >= 15 is 0 Å². The van der Waals surface area contributed by atoms with Crippen molar-refractivity contribution in [1.82, 2.24) is 10.2 Å². The molecule has 1 aromatic rings. The molecular formula is C30H45N3O6. The number of carbonyl (C=O) groups is 3. The van der Waals surface area contributed by atoms with Crippen molar-refractivity contribution in [3.8, 4) is 5.75 Å². The minimum Gasteiger partial charge on any atom is -0.494 e. The van der Waals surface area contributed by atoms with Crippen LogP contribution >= 0.6 is 0 Å². The number of hydrogen-bond donors (Lipinski definition) is 3. The quantitative estimate of drug-likeness (QED) is 0.291. The van der Waals surface area contributed by atoms with Crippen LogP contribution in [-0.2, 0) is 19.1 Å². The monoisotopic (exact) mass is 543 g/mol. The van der Waals surface area contributed by atoms with Gasteiger partial charge in [0.2, 0.25) is 17.7 Å². The van der Waals surface area contributed by atoms with E-state index in [1.165, 1.54) is 0 Å². The largest absolute Gasteiger partial charge is 0.494 e. The standard InChI is InChI=1S/C30H45N3O6/c1-4-7-18-31-27(36)25-30-17-16-29(5-2,39-30)23(24(30)28(37)33(25)19-10-8-9-11-20-34)26(35)32-21-12-14-22(15-13-21)38-6-3/h12-15,23-25,34H,4-11,16-20H2,1-3H3,(H,31,36)(H,32,35)/t23-,24-,25?,29+,30?/m0/s1. The van der Waals surface area contributed by atoms with Crippen LogP contribution in [0.2, 0.25) is 0 Å². The molecule has 1 spiro atoms. The second kappa shape index (κ2) is 12.7. The van der Waals surface area contributed by atoms with Crippen LogP contribution in [0.4, 0.5) is 5.69 Å². The topological polar surface area (TPSA) is 117 Å². The lowest BCUT2D eigenvalue weighted by atomic mass is 9.65. The average molecular weight is 544 g/mol. The number of hydrogen-bond acceptors (Lipinski definition) is 6. The van der Waals surface area contributed by atoms with E-state index in [4.69, 9.17) is 14.6 Å². The van der Waals surface area contributed by atoms with Gasteiger partial charge in [-0.1, -0.05) is 33.1 Å². The van der Waals surface area contributed by atoms with Gasteiger partial charge in [-0.3, -0.25) is 14.4 Å².